The van der Waals surface area contributed by atoms with Gasteiger partial charge in [-0.05, 0) is 69.3 Å². The van der Waals surface area contributed by atoms with Gasteiger partial charge in [0.1, 0.15) is 16.8 Å². The van der Waals surface area contributed by atoms with Crippen molar-refractivity contribution in [1.29, 1.82) is 0 Å². The molecule has 0 saturated heterocycles. The van der Waals surface area contributed by atoms with Crippen molar-refractivity contribution in [2.24, 2.45) is 10.1 Å². The monoisotopic (exact) mass is 471 g/mol. The molecule has 0 aliphatic heterocycles. The highest BCUT2D eigenvalue weighted by molar-refractivity contribution is 7.07. The first-order chi connectivity index (χ1) is 15.3. The summed E-state index contributed by atoms with van der Waals surface area (Å²) in [6.07, 6.45) is 1.63. The van der Waals surface area contributed by atoms with Gasteiger partial charge in [-0.1, -0.05) is 11.6 Å². The van der Waals surface area contributed by atoms with Gasteiger partial charge in [-0.25, -0.2) is 18.1 Å². The van der Waals surface area contributed by atoms with E-state index in [1.54, 1.807) is 35.2 Å². The minimum absolute atomic E-state index is 0.0720. The van der Waals surface area contributed by atoms with E-state index in [-0.39, 0.29) is 17.7 Å². The SMILES string of the molecule is Cc1nn(-c2ccc(F)cc2)c(Cl)c1C=Nn1c(-c2ccc(F)cc2)csc1=NC(C)C. The highest BCUT2D eigenvalue weighted by Gasteiger charge is 2.14. The Hall–Kier alpha value is -3.10. The van der Waals surface area contributed by atoms with Gasteiger partial charge in [0.05, 0.1) is 28.9 Å². The Morgan fingerprint density at radius 1 is 1.03 bits per heavy atom. The van der Waals surface area contributed by atoms with Crippen LogP contribution in [0.4, 0.5) is 8.78 Å². The molecule has 5 nitrogen and oxygen atoms in total. The molecular weight excluding hydrogens is 452 g/mol. The highest BCUT2D eigenvalue weighted by Crippen LogP contribution is 2.24. The molecule has 4 aromatic rings. The van der Waals surface area contributed by atoms with Crippen LogP contribution >= 0.6 is 22.9 Å². The Balaban J connectivity index is 1.79. The van der Waals surface area contributed by atoms with Gasteiger partial charge >= 0.3 is 0 Å². The van der Waals surface area contributed by atoms with E-state index in [0.717, 1.165) is 11.3 Å². The molecule has 2 aromatic heterocycles. The van der Waals surface area contributed by atoms with E-state index < -0.39 is 0 Å². The molecule has 0 aliphatic rings. The molecule has 0 amide bonds. The van der Waals surface area contributed by atoms with Crippen molar-refractivity contribution in [3.05, 3.63) is 86.8 Å². The Bertz CT molecular complexity index is 1330. The number of hydrogen-bond donors (Lipinski definition) is 0. The number of halogens is 3. The first-order valence-corrected chi connectivity index (χ1v) is 11.1. The number of aryl methyl sites for hydroxylation is 1. The van der Waals surface area contributed by atoms with E-state index >= 15 is 0 Å². The van der Waals surface area contributed by atoms with Gasteiger partial charge in [0.15, 0.2) is 0 Å². The smallest absolute Gasteiger partial charge is 0.206 e. The third kappa shape index (κ3) is 4.56. The number of rotatable bonds is 5. The summed E-state index contributed by atoms with van der Waals surface area (Å²) in [7, 11) is 0. The van der Waals surface area contributed by atoms with Gasteiger partial charge in [-0.3, -0.25) is 4.99 Å². The first kappa shape index (κ1) is 22.1. The summed E-state index contributed by atoms with van der Waals surface area (Å²) < 4.78 is 29.9. The maximum Gasteiger partial charge on any atom is 0.206 e. The fraction of sp³-hybridized carbons (Fsp3) is 0.174. The minimum Gasteiger partial charge on any atom is -0.255 e. The summed E-state index contributed by atoms with van der Waals surface area (Å²) in [5, 5.41) is 11.4. The van der Waals surface area contributed by atoms with Gasteiger partial charge in [-0.2, -0.15) is 10.2 Å². The summed E-state index contributed by atoms with van der Waals surface area (Å²) in [5.41, 5.74) is 3.55. The fourth-order valence-corrected chi connectivity index (χ4v) is 4.36. The zero-order valence-corrected chi connectivity index (χ0v) is 19.2. The third-order valence-electron chi connectivity index (χ3n) is 4.62. The van der Waals surface area contributed by atoms with Crippen molar-refractivity contribution in [2.45, 2.75) is 26.8 Å². The largest absolute Gasteiger partial charge is 0.255 e. The number of thiazole rings is 1. The molecule has 0 aliphatic carbocycles. The first-order valence-electron chi connectivity index (χ1n) is 9.89. The van der Waals surface area contributed by atoms with Gasteiger partial charge in [0.25, 0.3) is 0 Å². The van der Waals surface area contributed by atoms with Crippen molar-refractivity contribution >= 4 is 29.2 Å². The Kier molecular flexibility index (Phi) is 6.34. The normalized spacial score (nSPS) is 12.4. The summed E-state index contributed by atoms with van der Waals surface area (Å²) >= 11 is 8.04. The molecule has 0 fully saturated rings. The van der Waals surface area contributed by atoms with Crippen LogP contribution < -0.4 is 4.80 Å². The molecule has 2 heterocycles. The van der Waals surface area contributed by atoms with E-state index in [4.69, 9.17) is 11.6 Å². The van der Waals surface area contributed by atoms with Crippen molar-refractivity contribution < 1.29 is 8.78 Å². The second-order valence-corrected chi connectivity index (χ2v) is 8.56. The van der Waals surface area contributed by atoms with Crippen LogP contribution in [0.25, 0.3) is 16.9 Å². The predicted octanol–water partition coefficient (Wildman–Crippen LogP) is 5.83. The number of hydrogen-bond acceptors (Lipinski definition) is 4. The van der Waals surface area contributed by atoms with Crippen molar-refractivity contribution in [1.82, 2.24) is 14.5 Å². The zero-order chi connectivity index (χ0) is 22.8. The Labute approximate surface area is 192 Å². The summed E-state index contributed by atoms with van der Waals surface area (Å²) in [4.78, 5) is 5.35. The standard InChI is InChI=1S/C23H20ClF2N5S/c1-14(2)28-23-31(21(13-32-23)16-4-6-17(25)7-5-16)27-12-20-15(3)29-30(22(20)24)19-10-8-18(26)9-11-19/h4-14H,1-3H3. The molecule has 0 spiro atoms. The molecular formula is C23H20ClF2N5S. The van der Waals surface area contributed by atoms with Crippen LogP contribution in [-0.2, 0) is 0 Å². The van der Waals surface area contributed by atoms with E-state index in [1.165, 1.54) is 40.3 Å². The van der Waals surface area contributed by atoms with Crippen molar-refractivity contribution in [2.75, 3.05) is 0 Å². The maximum absolute atomic E-state index is 13.4. The zero-order valence-electron chi connectivity index (χ0n) is 17.6. The average molecular weight is 472 g/mol. The molecule has 9 heteroatoms. The molecule has 0 saturated carbocycles. The lowest BCUT2D eigenvalue weighted by molar-refractivity contribution is 0.627. The molecule has 0 atom stereocenters. The molecule has 0 bridgehead atoms. The third-order valence-corrected chi connectivity index (χ3v) is 5.81. The van der Waals surface area contributed by atoms with Crippen LogP contribution in [0.3, 0.4) is 0 Å². The molecule has 0 radical (unpaired) electrons. The molecule has 164 valence electrons. The average Bonchev–Trinajstić information content (AvgIpc) is 3.27. The highest BCUT2D eigenvalue weighted by atomic mass is 35.5. The van der Waals surface area contributed by atoms with E-state index in [2.05, 4.69) is 15.2 Å². The van der Waals surface area contributed by atoms with Gasteiger partial charge in [0.2, 0.25) is 4.80 Å². The van der Waals surface area contributed by atoms with Crippen LogP contribution in [0, 0.1) is 18.6 Å². The second kappa shape index (κ2) is 9.18. The van der Waals surface area contributed by atoms with Crippen LogP contribution in [0.1, 0.15) is 25.1 Å². The lowest BCUT2D eigenvalue weighted by atomic mass is 10.2. The molecule has 0 N–H and O–H groups in total. The predicted molar refractivity (Wildman–Crippen MR) is 125 cm³/mol. The van der Waals surface area contributed by atoms with Gasteiger partial charge in [0, 0.05) is 17.0 Å². The second-order valence-electron chi connectivity index (χ2n) is 7.37. The maximum atomic E-state index is 13.4. The van der Waals surface area contributed by atoms with Crippen LogP contribution in [0.15, 0.2) is 64.0 Å². The van der Waals surface area contributed by atoms with E-state index in [9.17, 15) is 8.78 Å². The fourth-order valence-electron chi connectivity index (χ4n) is 3.07. The molecule has 2 aromatic carbocycles. The molecule has 32 heavy (non-hydrogen) atoms. The van der Waals surface area contributed by atoms with Crippen LogP contribution in [0.5, 0.6) is 0 Å². The summed E-state index contributed by atoms with van der Waals surface area (Å²) in [6.45, 7) is 5.80. The van der Waals surface area contributed by atoms with Crippen LogP contribution in [-0.4, -0.2) is 26.7 Å². The van der Waals surface area contributed by atoms with Crippen molar-refractivity contribution in [3.63, 3.8) is 0 Å². The van der Waals surface area contributed by atoms with Gasteiger partial charge in [-0.15, -0.1) is 11.3 Å². The minimum atomic E-state index is -0.334. The number of benzene rings is 2. The number of nitrogens with zero attached hydrogens (tertiary/aromatic N) is 5. The number of aromatic nitrogens is 3. The lowest BCUT2D eigenvalue weighted by Gasteiger charge is -2.04. The summed E-state index contributed by atoms with van der Waals surface area (Å²) in [5.74, 6) is -0.638. The van der Waals surface area contributed by atoms with E-state index in [1.807, 2.05) is 26.2 Å². The van der Waals surface area contributed by atoms with Gasteiger partial charge < -0.3 is 0 Å². The van der Waals surface area contributed by atoms with E-state index in [0.29, 0.717) is 26.9 Å². The van der Waals surface area contributed by atoms with Crippen molar-refractivity contribution in [3.8, 4) is 16.9 Å². The summed E-state index contributed by atoms with van der Waals surface area (Å²) in [6, 6.07) is 12.2. The Morgan fingerprint density at radius 3 is 2.28 bits per heavy atom. The molecule has 4 rings (SSSR count). The Morgan fingerprint density at radius 2 is 1.66 bits per heavy atom. The molecule has 0 unspecified atom stereocenters. The topological polar surface area (TPSA) is 47.5 Å². The quantitative estimate of drug-likeness (QED) is 0.337. The lowest BCUT2D eigenvalue weighted by Crippen LogP contribution is -2.14. The van der Waals surface area contributed by atoms with Crippen LogP contribution in [0.2, 0.25) is 5.15 Å².